The number of amides is 1. The molecule has 3 rings (SSSR count). The van der Waals surface area contributed by atoms with E-state index < -0.39 is 0 Å². The van der Waals surface area contributed by atoms with Crippen LogP contribution in [0.3, 0.4) is 0 Å². The number of anilines is 1. The largest absolute Gasteiger partial charge is 0.376 e. The zero-order valence-electron chi connectivity index (χ0n) is 16.1. The summed E-state index contributed by atoms with van der Waals surface area (Å²) in [5.41, 5.74) is 8.71. The number of carbonyl (C=O) groups is 1. The molecule has 28 heavy (non-hydrogen) atoms. The molecule has 0 bridgehead atoms. The van der Waals surface area contributed by atoms with Gasteiger partial charge < -0.3 is 20.9 Å². The first kappa shape index (κ1) is 19.8. The number of nitrogens with two attached hydrogens (primary N) is 1. The molecule has 1 aliphatic heterocycles. The maximum Gasteiger partial charge on any atom is 0.271 e. The Kier molecular flexibility index (Phi) is 6.60. The summed E-state index contributed by atoms with van der Waals surface area (Å²) in [5, 5.41) is 3.33. The van der Waals surface area contributed by atoms with Crippen LogP contribution in [-0.4, -0.2) is 46.5 Å². The van der Waals surface area contributed by atoms with E-state index in [2.05, 4.69) is 22.2 Å². The first-order valence-electron chi connectivity index (χ1n) is 9.70. The Morgan fingerprint density at radius 1 is 1.43 bits per heavy atom. The number of H-pyrrole nitrogens is 1. The van der Waals surface area contributed by atoms with Crippen molar-refractivity contribution in [3.05, 3.63) is 58.8 Å². The van der Waals surface area contributed by atoms with Gasteiger partial charge in [0.2, 0.25) is 5.91 Å². The van der Waals surface area contributed by atoms with E-state index in [0.717, 1.165) is 42.6 Å². The molecule has 1 saturated heterocycles. The van der Waals surface area contributed by atoms with Gasteiger partial charge >= 0.3 is 0 Å². The van der Waals surface area contributed by atoms with Crippen molar-refractivity contribution in [3.63, 3.8) is 0 Å². The van der Waals surface area contributed by atoms with Gasteiger partial charge in [0.15, 0.2) is 0 Å². The van der Waals surface area contributed by atoms with Crippen molar-refractivity contribution in [2.75, 3.05) is 25.0 Å². The number of aryl methyl sites for hydroxylation is 1. The molecule has 0 spiro atoms. The van der Waals surface area contributed by atoms with Crippen LogP contribution in [0.1, 0.15) is 25.5 Å². The second kappa shape index (κ2) is 9.32. The van der Waals surface area contributed by atoms with Gasteiger partial charge in [-0.3, -0.25) is 14.6 Å². The molecule has 2 aromatic heterocycles. The number of rotatable bonds is 6. The van der Waals surface area contributed by atoms with Gasteiger partial charge in [-0.15, -0.1) is 0 Å². The van der Waals surface area contributed by atoms with Crippen LogP contribution in [0.4, 0.5) is 5.69 Å². The Balaban J connectivity index is 1.75. The topological polar surface area (TPSA) is 104 Å². The highest BCUT2D eigenvalue weighted by atomic mass is 16.2. The van der Waals surface area contributed by atoms with E-state index in [1.54, 1.807) is 23.4 Å². The predicted molar refractivity (Wildman–Crippen MR) is 111 cm³/mol. The van der Waals surface area contributed by atoms with Gasteiger partial charge in [-0.25, -0.2) is 0 Å². The third-order valence-corrected chi connectivity index (χ3v) is 4.90. The molecule has 0 radical (unpaired) electrons. The predicted octanol–water partition coefficient (Wildman–Crippen LogP) is 1.92. The third kappa shape index (κ3) is 4.86. The van der Waals surface area contributed by atoms with Crippen molar-refractivity contribution in [1.29, 1.82) is 0 Å². The van der Waals surface area contributed by atoms with Gasteiger partial charge in [-0.1, -0.05) is 13.0 Å². The number of nitrogens with zero attached hydrogens (tertiary/aromatic N) is 2. The minimum Gasteiger partial charge on any atom is -0.376 e. The van der Waals surface area contributed by atoms with Crippen LogP contribution in [0.15, 0.2) is 47.5 Å². The first-order chi connectivity index (χ1) is 13.6. The van der Waals surface area contributed by atoms with Gasteiger partial charge in [-0.05, 0) is 43.0 Å². The number of hydrogen-bond donors (Lipinski definition) is 3. The van der Waals surface area contributed by atoms with Crippen LogP contribution >= 0.6 is 0 Å². The molecular weight excluding hydrogens is 354 g/mol. The first-order valence-corrected chi connectivity index (χ1v) is 9.70. The number of pyridine rings is 2. The highest BCUT2D eigenvalue weighted by Gasteiger charge is 2.23. The average Bonchev–Trinajstić information content (AvgIpc) is 2.73. The van der Waals surface area contributed by atoms with E-state index in [1.807, 2.05) is 18.2 Å². The van der Waals surface area contributed by atoms with E-state index in [1.165, 1.54) is 6.08 Å². The number of likely N-dealkylation sites (tertiary alicyclic amines) is 1. The Hall–Kier alpha value is -2.93. The highest BCUT2D eigenvalue weighted by molar-refractivity contribution is 5.87. The smallest absolute Gasteiger partial charge is 0.271 e. The summed E-state index contributed by atoms with van der Waals surface area (Å²) in [4.78, 5) is 33.5. The van der Waals surface area contributed by atoms with Crippen molar-refractivity contribution in [1.82, 2.24) is 14.9 Å². The number of aromatic amines is 1. The Morgan fingerprint density at radius 3 is 3.07 bits per heavy atom. The maximum absolute atomic E-state index is 12.3. The molecule has 0 unspecified atom stereocenters. The van der Waals surface area contributed by atoms with E-state index in [-0.39, 0.29) is 17.5 Å². The van der Waals surface area contributed by atoms with Crippen LogP contribution < -0.4 is 16.6 Å². The minimum atomic E-state index is -0.167. The molecule has 1 aliphatic rings. The zero-order chi connectivity index (χ0) is 19.9. The summed E-state index contributed by atoms with van der Waals surface area (Å²) in [6.45, 7) is 3.69. The van der Waals surface area contributed by atoms with Gasteiger partial charge in [0, 0.05) is 55.4 Å². The molecule has 3 heterocycles. The molecule has 0 aromatic carbocycles. The standard InChI is InChI=1S/C21H27N5O2/c1-2-17-11-15(7-9-23-17)16-12-19(21(28)24-13-16)25-18-5-4-10-26(14-18)20(27)6-3-8-22/h3,6-7,9,11-13,18,25H,2,4-5,8,10,14,22H2,1H3,(H,24,28)/b6-3+/t18-/m1/s1. The summed E-state index contributed by atoms with van der Waals surface area (Å²) >= 11 is 0. The molecular formula is C21H27N5O2. The lowest BCUT2D eigenvalue weighted by Gasteiger charge is -2.33. The van der Waals surface area contributed by atoms with E-state index in [4.69, 9.17) is 5.73 Å². The van der Waals surface area contributed by atoms with Gasteiger partial charge in [0.05, 0.1) is 0 Å². The van der Waals surface area contributed by atoms with E-state index in [9.17, 15) is 9.59 Å². The number of piperidine rings is 1. The van der Waals surface area contributed by atoms with Crippen molar-refractivity contribution >= 4 is 11.6 Å². The molecule has 1 amide bonds. The van der Waals surface area contributed by atoms with Crippen molar-refractivity contribution in [2.24, 2.45) is 5.73 Å². The fraction of sp³-hybridized carbons (Fsp3) is 0.381. The normalized spacial score (nSPS) is 17.1. The van der Waals surface area contributed by atoms with Crippen LogP contribution in [0.25, 0.3) is 11.1 Å². The second-order valence-electron chi connectivity index (χ2n) is 6.93. The van der Waals surface area contributed by atoms with Crippen LogP contribution in [0.5, 0.6) is 0 Å². The maximum atomic E-state index is 12.3. The molecule has 148 valence electrons. The third-order valence-electron chi connectivity index (χ3n) is 4.90. The number of aromatic nitrogens is 2. The molecule has 4 N–H and O–H groups in total. The van der Waals surface area contributed by atoms with Gasteiger partial charge in [0.25, 0.3) is 5.56 Å². The molecule has 0 aliphatic carbocycles. The lowest BCUT2D eigenvalue weighted by Crippen LogP contribution is -2.45. The lowest BCUT2D eigenvalue weighted by molar-refractivity contribution is -0.127. The number of hydrogen-bond acceptors (Lipinski definition) is 5. The van der Waals surface area contributed by atoms with E-state index in [0.29, 0.717) is 18.8 Å². The summed E-state index contributed by atoms with van der Waals surface area (Å²) in [5.74, 6) is -0.0384. The Labute approximate surface area is 164 Å². The van der Waals surface area contributed by atoms with Crippen molar-refractivity contribution in [2.45, 2.75) is 32.2 Å². The molecule has 0 saturated carbocycles. The number of carbonyl (C=O) groups excluding carboxylic acids is 1. The zero-order valence-corrected chi connectivity index (χ0v) is 16.1. The summed E-state index contributed by atoms with van der Waals surface area (Å²) < 4.78 is 0. The van der Waals surface area contributed by atoms with Crippen molar-refractivity contribution < 1.29 is 4.79 Å². The molecule has 2 aromatic rings. The fourth-order valence-electron chi connectivity index (χ4n) is 3.40. The van der Waals surface area contributed by atoms with Crippen LogP contribution in [-0.2, 0) is 11.2 Å². The Bertz CT molecular complexity index is 906. The van der Waals surface area contributed by atoms with Gasteiger partial charge in [-0.2, -0.15) is 0 Å². The second-order valence-corrected chi connectivity index (χ2v) is 6.93. The van der Waals surface area contributed by atoms with Gasteiger partial charge in [0.1, 0.15) is 5.69 Å². The van der Waals surface area contributed by atoms with Crippen LogP contribution in [0, 0.1) is 0 Å². The molecule has 7 nitrogen and oxygen atoms in total. The lowest BCUT2D eigenvalue weighted by atomic mass is 10.0. The van der Waals surface area contributed by atoms with E-state index >= 15 is 0 Å². The quantitative estimate of drug-likeness (QED) is 0.663. The SMILES string of the molecule is CCc1cc(-c2c[nH]c(=O)c(N[C@@H]3CCCN(C(=O)/C=C/CN)C3)c2)ccn1. The molecule has 1 fully saturated rings. The Morgan fingerprint density at radius 2 is 2.29 bits per heavy atom. The minimum absolute atomic E-state index is 0.0315. The average molecular weight is 381 g/mol. The van der Waals surface area contributed by atoms with Crippen LogP contribution in [0.2, 0.25) is 0 Å². The fourth-order valence-corrected chi connectivity index (χ4v) is 3.40. The molecule has 7 heteroatoms. The summed E-state index contributed by atoms with van der Waals surface area (Å²) in [7, 11) is 0. The number of nitrogens with one attached hydrogen (secondary N) is 2. The monoisotopic (exact) mass is 381 g/mol. The molecule has 1 atom stereocenters. The highest BCUT2D eigenvalue weighted by Crippen LogP contribution is 2.22. The van der Waals surface area contributed by atoms with Crippen molar-refractivity contribution in [3.8, 4) is 11.1 Å². The summed E-state index contributed by atoms with van der Waals surface area (Å²) in [6.07, 6.45) is 9.33. The summed E-state index contributed by atoms with van der Waals surface area (Å²) in [6, 6.07) is 5.86.